The number of anilines is 1. The molecule has 0 atom stereocenters. The average Bonchev–Trinajstić information content (AvgIpc) is 2.26. The van der Waals surface area contributed by atoms with Crippen LogP contribution in [-0.2, 0) is 0 Å². The summed E-state index contributed by atoms with van der Waals surface area (Å²) in [5.41, 5.74) is 6.86. The molecule has 4 heteroatoms. The van der Waals surface area contributed by atoms with E-state index in [2.05, 4.69) is 0 Å². The Morgan fingerprint density at radius 1 is 1.06 bits per heavy atom. The molecule has 98 valence electrons. The van der Waals surface area contributed by atoms with Crippen LogP contribution in [0.5, 0.6) is 0 Å². The van der Waals surface area contributed by atoms with E-state index in [4.69, 9.17) is 17.3 Å². The van der Waals surface area contributed by atoms with Gasteiger partial charge in [0.1, 0.15) is 0 Å². The van der Waals surface area contributed by atoms with E-state index in [-0.39, 0.29) is 5.91 Å². The highest BCUT2D eigenvalue weighted by atomic mass is 35.5. The molecule has 1 amide bonds. The van der Waals surface area contributed by atoms with Gasteiger partial charge >= 0.3 is 0 Å². The van der Waals surface area contributed by atoms with Crippen LogP contribution >= 0.6 is 11.6 Å². The van der Waals surface area contributed by atoms with Crippen LogP contribution in [0.4, 0.5) is 5.69 Å². The van der Waals surface area contributed by atoms with Crippen LogP contribution in [-0.4, -0.2) is 23.9 Å². The molecule has 1 fully saturated rings. The van der Waals surface area contributed by atoms with E-state index in [1.165, 1.54) is 19.3 Å². The molecule has 0 aromatic heterocycles. The summed E-state index contributed by atoms with van der Waals surface area (Å²) in [6.07, 6.45) is 5.87. The zero-order valence-electron chi connectivity index (χ0n) is 10.5. The van der Waals surface area contributed by atoms with E-state index in [9.17, 15) is 4.79 Å². The highest BCUT2D eigenvalue weighted by Gasteiger charge is 2.17. The van der Waals surface area contributed by atoms with Crippen molar-refractivity contribution >= 4 is 23.2 Å². The average molecular weight is 267 g/mol. The smallest absolute Gasteiger partial charge is 0.253 e. The maximum absolute atomic E-state index is 12.4. The van der Waals surface area contributed by atoms with Crippen LogP contribution in [0, 0.1) is 0 Å². The van der Waals surface area contributed by atoms with Gasteiger partial charge in [-0.2, -0.15) is 0 Å². The second-order valence-electron chi connectivity index (χ2n) is 4.83. The van der Waals surface area contributed by atoms with Gasteiger partial charge in [-0.3, -0.25) is 4.79 Å². The molecule has 1 heterocycles. The van der Waals surface area contributed by atoms with Crippen LogP contribution in [0.3, 0.4) is 0 Å². The van der Waals surface area contributed by atoms with Crippen molar-refractivity contribution in [2.24, 2.45) is 0 Å². The molecule has 18 heavy (non-hydrogen) atoms. The predicted molar refractivity (Wildman–Crippen MR) is 74.9 cm³/mol. The fraction of sp³-hybridized carbons (Fsp3) is 0.500. The summed E-state index contributed by atoms with van der Waals surface area (Å²) in [7, 11) is 0. The van der Waals surface area contributed by atoms with E-state index in [0.717, 1.165) is 25.9 Å². The highest BCUT2D eigenvalue weighted by molar-refractivity contribution is 6.31. The van der Waals surface area contributed by atoms with Gasteiger partial charge in [0.05, 0.1) is 0 Å². The van der Waals surface area contributed by atoms with Gasteiger partial charge in [0.2, 0.25) is 0 Å². The van der Waals surface area contributed by atoms with Crippen molar-refractivity contribution in [1.29, 1.82) is 0 Å². The Hall–Kier alpha value is -1.22. The van der Waals surface area contributed by atoms with E-state index in [1.807, 2.05) is 4.90 Å². The molecule has 0 unspecified atom stereocenters. The number of amides is 1. The van der Waals surface area contributed by atoms with E-state index in [1.54, 1.807) is 18.2 Å². The van der Waals surface area contributed by atoms with Gasteiger partial charge in [-0.1, -0.05) is 30.9 Å². The van der Waals surface area contributed by atoms with Gasteiger partial charge in [-0.05, 0) is 31.0 Å². The molecule has 0 saturated carbocycles. The summed E-state index contributed by atoms with van der Waals surface area (Å²) >= 11 is 5.94. The van der Waals surface area contributed by atoms with Gasteiger partial charge in [-0.15, -0.1) is 0 Å². The summed E-state index contributed by atoms with van der Waals surface area (Å²) in [5.74, 6) is 0.0473. The summed E-state index contributed by atoms with van der Waals surface area (Å²) in [6.45, 7) is 1.68. The van der Waals surface area contributed by atoms with Gasteiger partial charge in [0.15, 0.2) is 0 Å². The molecule has 1 aliphatic heterocycles. The molecule has 1 aliphatic rings. The largest absolute Gasteiger partial charge is 0.399 e. The first-order valence-electron chi connectivity index (χ1n) is 6.52. The van der Waals surface area contributed by atoms with E-state index >= 15 is 0 Å². The molecule has 0 bridgehead atoms. The monoisotopic (exact) mass is 266 g/mol. The number of rotatable bonds is 1. The van der Waals surface area contributed by atoms with Crippen molar-refractivity contribution in [2.75, 3.05) is 18.8 Å². The highest BCUT2D eigenvalue weighted by Crippen LogP contribution is 2.19. The Morgan fingerprint density at radius 2 is 1.67 bits per heavy atom. The molecule has 1 aromatic rings. The molecule has 2 N–H and O–H groups in total. The topological polar surface area (TPSA) is 46.3 Å². The number of halogens is 1. The van der Waals surface area contributed by atoms with Crippen molar-refractivity contribution in [2.45, 2.75) is 32.1 Å². The number of nitrogens with two attached hydrogens (primary N) is 1. The lowest BCUT2D eigenvalue weighted by Gasteiger charge is -2.25. The van der Waals surface area contributed by atoms with E-state index < -0.39 is 0 Å². The molecule has 2 rings (SSSR count). The molecule has 0 radical (unpaired) electrons. The standard InChI is InChI=1S/C14H19ClN2O/c15-12-8-11(9-13(16)10-12)14(18)17-6-4-2-1-3-5-7-17/h8-10H,1-7,16H2. The Balaban J connectivity index is 2.13. The zero-order valence-corrected chi connectivity index (χ0v) is 11.2. The number of likely N-dealkylation sites (tertiary alicyclic amines) is 1. The lowest BCUT2D eigenvalue weighted by Crippen LogP contribution is -2.33. The Morgan fingerprint density at radius 3 is 2.28 bits per heavy atom. The summed E-state index contributed by atoms with van der Waals surface area (Å²) in [5, 5.41) is 0.519. The third kappa shape index (κ3) is 3.39. The third-order valence-electron chi connectivity index (χ3n) is 3.31. The van der Waals surface area contributed by atoms with E-state index in [0.29, 0.717) is 16.3 Å². The van der Waals surface area contributed by atoms with Crippen molar-refractivity contribution < 1.29 is 4.79 Å². The third-order valence-corrected chi connectivity index (χ3v) is 3.53. The zero-order chi connectivity index (χ0) is 13.0. The molecule has 1 aromatic carbocycles. The first-order chi connectivity index (χ1) is 8.66. The van der Waals surface area contributed by atoms with Crippen LogP contribution in [0.15, 0.2) is 18.2 Å². The number of carbonyl (C=O) groups excluding carboxylic acids is 1. The van der Waals surface area contributed by atoms with Crippen LogP contribution in [0.1, 0.15) is 42.5 Å². The number of hydrogen-bond donors (Lipinski definition) is 1. The molecular weight excluding hydrogens is 248 g/mol. The van der Waals surface area contributed by atoms with Gasteiger partial charge < -0.3 is 10.6 Å². The first-order valence-corrected chi connectivity index (χ1v) is 6.90. The second-order valence-corrected chi connectivity index (χ2v) is 5.27. The van der Waals surface area contributed by atoms with Crippen molar-refractivity contribution in [3.05, 3.63) is 28.8 Å². The minimum absolute atomic E-state index is 0.0473. The first kappa shape index (κ1) is 13.2. The quantitative estimate of drug-likeness (QED) is 0.793. The summed E-state index contributed by atoms with van der Waals surface area (Å²) in [6, 6.07) is 5.05. The fourth-order valence-electron chi connectivity index (χ4n) is 2.37. The van der Waals surface area contributed by atoms with Gasteiger partial charge in [-0.25, -0.2) is 0 Å². The lowest BCUT2D eigenvalue weighted by atomic mass is 10.1. The summed E-state index contributed by atoms with van der Waals surface area (Å²) in [4.78, 5) is 14.3. The Kier molecular flexibility index (Phi) is 4.48. The maximum Gasteiger partial charge on any atom is 0.253 e. The normalized spacial score (nSPS) is 17.1. The Labute approximate surface area is 113 Å². The van der Waals surface area contributed by atoms with Crippen molar-refractivity contribution in [3.63, 3.8) is 0 Å². The Bertz CT molecular complexity index is 406. The second kappa shape index (κ2) is 6.10. The molecular formula is C14H19ClN2O. The molecule has 3 nitrogen and oxygen atoms in total. The fourth-order valence-corrected chi connectivity index (χ4v) is 2.61. The van der Waals surface area contributed by atoms with Crippen molar-refractivity contribution in [1.82, 2.24) is 4.90 Å². The lowest BCUT2D eigenvalue weighted by molar-refractivity contribution is 0.0742. The molecule has 0 spiro atoms. The number of hydrogen-bond acceptors (Lipinski definition) is 2. The number of nitrogens with zero attached hydrogens (tertiary/aromatic N) is 1. The number of carbonyl (C=O) groups is 1. The van der Waals surface area contributed by atoms with Crippen molar-refractivity contribution in [3.8, 4) is 0 Å². The van der Waals surface area contributed by atoms with Gasteiger partial charge in [0.25, 0.3) is 5.91 Å². The number of benzene rings is 1. The summed E-state index contributed by atoms with van der Waals surface area (Å²) < 4.78 is 0. The predicted octanol–water partition coefficient (Wildman–Crippen LogP) is 3.33. The SMILES string of the molecule is Nc1cc(Cl)cc(C(=O)N2CCCCCCC2)c1. The van der Waals surface area contributed by atoms with Crippen LogP contribution in [0.25, 0.3) is 0 Å². The minimum Gasteiger partial charge on any atom is -0.399 e. The number of nitrogen functional groups attached to an aromatic ring is 1. The maximum atomic E-state index is 12.4. The van der Waals surface area contributed by atoms with Gasteiger partial charge in [0, 0.05) is 29.4 Å². The van der Waals surface area contributed by atoms with Crippen LogP contribution in [0.2, 0.25) is 5.02 Å². The molecule has 0 aliphatic carbocycles. The molecule has 1 saturated heterocycles. The minimum atomic E-state index is 0.0473. The van der Waals surface area contributed by atoms with Crippen LogP contribution < -0.4 is 5.73 Å².